The minimum atomic E-state index is -0.484. The number of ether oxygens (including phenoxy) is 2. The van der Waals surface area contributed by atoms with Gasteiger partial charge < -0.3 is 14.8 Å². The van der Waals surface area contributed by atoms with Gasteiger partial charge in [0, 0.05) is 24.8 Å². The number of hydrogen-bond donors (Lipinski definition) is 1. The van der Waals surface area contributed by atoms with Gasteiger partial charge in [-0.3, -0.25) is 4.79 Å². The Morgan fingerprint density at radius 3 is 2.72 bits per heavy atom. The van der Waals surface area contributed by atoms with Gasteiger partial charge in [-0.25, -0.2) is 4.79 Å². The van der Waals surface area contributed by atoms with Gasteiger partial charge in [0.15, 0.2) is 0 Å². The molecule has 5 nitrogen and oxygen atoms in total. The largest absolute Gasteiger partial charge is 0.444 e. The van der Waals surface area contributed by atoms with Crippen molar-refractivity contribution in [2.75, 3.05) is 13.2 Å². The van der Waals surface area contributed by atoms with E-state index < -0.39 is 11.7 Å². The third-order valence-electron chi connectivity index (χ3n) is 3.30. The monoisotopic (exact) mass is 255 g/mol. The van der Waals surface area contributed by atoms with Gasteiger partial charge in [0.2, 0.25) is 0 Å². The van der Waals surface area contributed by atoms with E-state index in [0.717, 1.165) is 6.42 Å². The van der Waals surface area contributed by atoms with Crippen molar-refractivity contribution >= 4 is 11.9 Å². The Morgan fingerprint density at radius 1 is 1.50 bits per heavy atom. The smallest absolute Gasteiger partial charge is 0.407 e. The zero-order valence-electron chi connectivity index (χ0n) is 11.2. The van der Waals surface area contributed by atoms with Crippen molar-refractivity contribution in [3.8, 4) is 0 Å². The van der Waals surface area contributed by atoms with Crippen LogP contribution in [0.15, 0.2) is 0 Å². The van der Waals surface area contributed by atoms with Crippen molar-refractivity contribution in [1.82, 2.24) is 5.32 Å². The minimum absolute atomic E-state index is 0.00520. The molecule has 1 spiro atoms. The molecular formula is C13H21NO4. The predicted molar refractivity (Wildman–Crippen MR) is 65.3 cm³/mol. The van der Waals surface area contributed by atoms with Crippen molar-refractivity contribution in [3.63, 3.8) is 0 Å². The van der Waals surface area contributed by atoms with E-state index in [1.807, 2.05) is 20.8 Å². The van der Waals surface area contributed by atoms with E-state index in [1.165, 1.54) is 0 Å². The number of hydrogen-bond acceptors (Lipinski definition) is 4. The molecule has 0 aromatic rings. The SMILES string of the molecule is CC(C)(C)OC(=O)NCC1CC2(CO1)CC(=O)C2. The molecule has 1 aliphatic carbocycles. The molecule has 1 unspecified atom stereocenters. The lowest BCUT2D eigenvalue weighted by Crippen LogP contribution is -2.39. The summed E-state index contributed by atoms with van der Waals surface area (Å²) in [5.41, 5.74) is -0.417. The Hall–Kier alpha value is -1.10. The third-order valence-corrected chi connectivity index (χ3v) is 3.30. The summed E-state index contributed by atoms with van der Waals surface area (Å²) in [7, 11) is 0. The summed E-state index contributed by atoms with van der Waals surface area (Å²) in [6.07, 6.45) is 1.71. The minimum Gasteiger partial charge on any atom is -0.444 e. The lowest BCUT2D eigenvalue weighted by atomic mass is 9.67. The van der Waals surface area contributed by atoms with Crippen LogP contribution in [0, 0.1) is 5.41 Å². The van der Waals surface area contributed by atoms with Gasteiger partial charge in [0.05, 0.1) is 12.7 Å². The van der Waals surface area contributed by atoms with Crippen LogP contribution in [0.5, 0.6) is 0 Å². The van der Waals surface area contributed by atoms with E-state index in [4.69, 9.17) is 9.47 Å². The second-order valence-electron chi connectivity index (χ2n) is 6.41. The number of Topliss-reactive ketones (excluding diaryl/α,β-unsaturated/α-hetero) is 1. The highest BCUT2D eigenvalue weighted by Gasteiger charge is 2.49. The Balaban J connectivity index is 1.69. The van der Waals surface area contributed by atoms with E-state index in [0.29, 0.717) is 31.8 Å². The number of nitrogens with one attached hydrogen (secondary N) is 1. The van der Waals surface area contributed by atoms with Gasteiger partial charge in [0.1, 0.15) is 11.4 Å². The maximum Gasteiger partial charge on any atom is 0.407 e. The van der Waals surface area contributed by atoms with Gasteiger partial charge >= 0.3 is 6.09 Å². The number of carbonyl (C=O) groups excluding carboxylic acids is 2. The van der Waals surface area contributed by atoms with Crippen LogP contribution in [0.4, 0.5) is 4.79 Å². The Bertz CT molecular complexity index is 350. The van der Waals surface area contributed by atoms with Crippen molar-refractivity contribution in [1.29, 1.82) is 0 Å². The molecule has 2 aliphatic rings. The first-order valence-corrected chi connectivity index (χ1v) is 6.38. The summed E-state index contributed by atoms with van der Waals surface area (Å²) in [4.78, 5) is 22.5. The van der Waals surface area contributed by atoms with Crippen molar-refractivity contribution in [3.05, 3.63) is 0 Å². The van der Waals surface area contributed by atoms with Crippen LogP contribution in [0.25, 0.3) is 0 Å². The maximum atomic E-state index is 11.5. The van der Waals surface area contributed by atoms with E-state index in [-0.39, 0.29) is 11.5 Å². The standard InChI is InChI=1S/C13H21NO4/c1-12(2,3)18-11(16)14-7-10-6-13(8-17-10)4-9(15)5-13/h10H,4-8H2,1-3H3,(H,14,16). The zero-order valence-corrected chi connectivity index (χ0v) is 11.2. The second kappa shape index (κ2) is 4.53. The molecule has 0 radical (unpaired) electrons. The molecule has 1 N–H and O–H groups in total. The van der Waals surface area contributed by atoms with Crippen molar-refractivity contribution in [2.45, 2.75) is 51.7 Å². The van der Waals surface area contributed by atoms with Crippen LogP contribution in [-0.2, 0) is 14.3 Å². The number of amides is 1. The molecule has 2 fully saturated rings. The van der Waals surface area contributed by atoms with E-state index in [9.17, 15) is 9.59 Å². The first-order chi connectivity index (χ1) is 8.28. The molecule has 18 heavy (non-hydrogen) atoms. The van der Waals surface area contributed by atoms with Gasteiger partial charge in [0.25, 0.3) is 0 Å². The molecule has 1 amide bonds. The number of carbonyl (C=O) groups is 2. The first-order valence-electron chi connectivity index (χ1n) is 6.38. The molecule has 102 valence electrons. The number of ketones is 1. The summed E-state index contributed by atoms with van der Waals surface area (Å²) in [6, 6.07) is 0. The molecule has 1 saturated heterocycles. The van der Waals surface area contributed by atoms with Crippen LogP contribution < -0.4 is 5.32 Å². The van der Waals surface area contributed by atoms with Crippen LogP contribution in [0.3, 0.4) is 0 Å². The molecule has 0 bridgehead atoms. The van der Waals surface area contributed by atoms with Crippen LogP contribution in [0.1, 0.15) is 40.0 Å². The fraction of sp³-hybridized carbons (Fsp3) is 0.846. The summed E-state index contributed by atoms with van der Waals surface area (Å²) < 4.78 is 10.8. The molecule has 2 rings (SSSR count). The van der Waals surface area contributed by atoms with Crippen LogP contribution >= 0.6 is 0 Å². The van der Waals surface area contributed by atoms with E-state index >= 15 is 0 Å². The fourth-order valence-corrected chi connectivity index (χ4v) is 2.57. The second-order valence-corrected chi connectivity index (χ2v) is 6.41. The number of alkyl carbamates (subject to hydrolysis) is 1. The van der Waals surface area contributed by atoms with Gasteiger partial charge in [-0.2, -0.15) is 0 Å². The summed E-state index contributed by atoms with van der Waals surface area (Å²) in [5, 5.41) is 2.71. The van der Waals surface area contributed by atoms with Gasteiger partial charge in [-0.05, 0) is 27.2 Å². The van der Waals surface area contributed by atoms with Crippen LogP contribution in [0.2, 0.25) is 0 Å². The lowest BCUT2D eigenvalue weighted by molar-refractivity contribution is -0.132. The normalized spacial score (nSPS) is 25.9. The van der Waals surface area contributed by atoms with Crippen LogP contribution in [-0.4, -0.2) is 36.7 Å². The van der Waals surface area contributed by atoms with Gasteiger partial charge in [-0.15, -0.1) is 0 Å². The average molecular weight is 255 g/mol. The Labute approximate surface area is 107 Å². The summed E-state index contributed by atoms with van der Waals surface area (Å²) in [5.74, 6) is 0.319. The average Bonchev–Trinajstić information content (AvgIpc) is 2.56. The Morgan fingerprint density at radius 2 is 2.17 bits per heavy atom. The lowest BCUT2D eigenvalue weighted by Gasteiger charge is -2.34. The molecule has 1 atom stereocenters. The molecule has 0 aromatic carbocycles. The zero-order chi connectivity index (χ0) is 13.4. The highest BCUT2D eigenvalue weighted by atomic mass is 16.6. The van der Waals surface area contributed by atoms with Crippen molar-refractivity contribution < 1.29 is 19.1 Å². The number of rotatable bonds is 2. The maximum absolute atomic E-state index is 11.5. The van der Waals surface area contributed by atoms with E-state index in [2.05, 4.69) is 5.32 Å². The van der Waals surface area contributed by atoms with Gasteiger partial charge in [-0.1, -0.05) is 0 Å². The molecule has 1 saturated carbocycles. The predicted octanol–water partition coefficient (Wildman–Crippen LogP) is 1.65. The first kappa shape index (κ1) is 13.3. The topological polar surface area (TPSA) is 64.6 Å². The highest BCUT2D eigenvalue weighted by molar-refractivity contribution is 5.86. The quantitative estimate of drug-likeness (QED) is 0.815. The molecule has 0 aromatic heterocycles. The fourth-order valence-electron chi connectivity index (χ4n) is 2.57. The molecule has 1 aliphatic heterocycles. The summed E-state index contributed by atoms with van der Waals surface area (Å²) >= 11 is 0. The van der Waals surface area contributed by atoms with E-state index in [1.54, 1.807) is 0 Å². The Kier molecular flexibility index (Phi) is 3.36. The third kappa shape index (κ3) is 3.22. The molecular weight excluding hydrogens is 234 g/mol. The summed E-state index contributed by atoms with van der Waals surface area (Å²) in [6.45, 7) is 6.57. The molecule has 1 heterocycles. The highest BCUT2D eigenvalue weighted by Crippen LogP contribution is 2.46. The molecule has 5 heteroatoms. The van der Waals surface area contributed by atoms with Crippen molar-refractivity contribution in [2.24, 2.45) is 5.41 Å².